The minimum Gasteiger partial charge on any atom is -0.253 e. The number of benzene rings is 1. The maximum atomic E-state index is 4.38. The Morgan fingerprint density at radius 2 is 1.83 bits per heavy atom. The molecule has 0 bridgehead atoms. The van der Waals surface area contributed by atoms with Crippen LogP contribution in [0.25, 0.3) is 11.0 Å². The molecule has 0 spiro atoms. The highest BCUT2D eigenvalue weighted by Crippen LogP contribution is 2.23. The van der Waals surface area contributed by atoms with Gasteiger partial charge in [-0.25, -0.2) is 0 Å². The van der Waals surface area contributed by atoms with E-state index in [2.05, 4.69) is 21.8 Å². The van der Waals surface area contributed by atoms with Crippen molar-refractivity contribution in [3.8, 4) is 11.8 Å². The van der Waals surface area contributed by atoms with Crippen molar-refractivity contribution >= 4 is 11.0 Å². The molecular weight excluding hydrogens is 220 g/mol. The summed E-state index contributed by atoms with van der Waals surface area (Å²) in [6.07, 6.45) is 9.99. The normalized spacial score (nSPS) is 16.2. The second-order valence-corrected chi connectivity index (χ2v) is 4.83. The molecule has 1 saturated carbocycles. The van der Waals surface area contributed by atoms with Crippen LogP contribution in [0.5, 0.6) is 0 Å². The largest absolute Gasteiger partial charge is 0.253 e. The summed E-state index contributed by atoms with van der Waals surface area (Å²) in [6, 6.07) is 6.02. The van der Waals surface area contributed by atoms with Gasteiger partial charge in [-0.2, -0.15) is 0 Å². The van der Waals surface area contributed by atoms with Crippen LogP contribution in [0.3, 0.4) is 0 Å². The molecule has 1 aliphatic rings. The molecule has 0 unspecified atom stereocenters. The number of hydrogen-bond acceptors (Lipinski definition) is 2. The van der Waals surface area contributed by atoms with Crippen molar-refractivity contribution in [2.75, 3.05) is 0 Å². The van der Waals surface area contributed by atoms with Crippen molar-refractivity contribution in [2.24, 2.45) is 5.92 Å². The Morgan fingerprint density at radius 1 is 1.00 bits per heavy atom. The third kappa shape index (κ3) is 2.36. The monoisotopic (exact) mass is 236 g/mol. The predicted molar refractivity (Wildman–Crippen MR) is 73.0 cm³/mol. The molecule has 0 amide bonds. The Hall–Kier alpha value is -1.88. The van der Waals surface area contributed by atoms with E-state index in [0.717, 1.165) is 16.6 Å². The number of fused-ring (bicyclic) bond motifs is 1. The Bertz CT molecular complexity index is 596. The number of hydrogen-bond donors (Lipinski definition) is 0. The van der Waals surface area contributed by atoms with Crippen molar-refractivity contribution in [1.82, 2.24) is 9.97 Å². The summed E-state index contributed by atoms with van der Waals surface area (Å²) in [6.45, 7) is 0. The van der Waals surface area contributed by atoms with E-state index in [0.29, 0.717) is 5.92 Å². The lowest BCUT2D eigenvalue weighted by molar-refractivity contribution is 0.430. The van der Waals surface area contributed by atoms with Crippen LogP contribution in [0.1, 0.15) is 37.7 Å². The van der Waals surface area contributed by atoms with Gasteiger partial charge in [0.1, 0.15) is 5.52 Å². The van der Waals surface area contributed by atoms with Gasteiger partial charge in [-0.1, -0.05) is 37.2 Å². The third-order valence-electron chi connectivity index (χ3n) is 3.51. The van der Waals surface area contributed by atoms with Gasteiger partial charge in [0.25, 0.3) is 0 Å². The van der Waals surface area contributed by atoms with Gasteiger partial charge in [-0.3, -0.25) is 9.97 Å². The highest BCUT2D eigenvalue weighted by atomic mass is 14.8. The zero-order valence-corrected chi connectivity index (χ0v) is 10.4. The van der Waals surface area contributed by atoms with Gasteiger partial charge in [0.15, 0.2) is 0 Å². The average Bonchev–Trinajstić information content (AvgIpc) is 2.46. The van der Waals surface area contributed by atoms with Crippen LogP contribution in [0.15, 0.2) is 30.6 Å². The first-order valence-corrected chi connectivity index (χ1v) is 6.65. The molecule has 2 aromatic rings. The van der Waals surface area contributed by atoms with Crippen molar-refractivity contribution in [1.29, 1.82) is 0 Å². The molecule has 0 radical (unpaired) electrons. The summed E-state index contributed by atoms with van der Waals surface area (Å²) in [5.74, 6) is 7.29. The maximum Gasteiger partial charge on any atom is 0.104 e. The van der Waals surface area contributed by atoms with Gasteiger partial charge in [-0.05, 0) is 25.0 Å². The smallest absolute Gasteiger partial charge is 0.104 e. The predicted octanol–water partition coefficient (Wildman–Crippen LogP) is 3.56. The molecule has 3 rings (SSSR count). The first-order valence-electron chi connectivity index (χ1n) is 6.65. The van der Waals surface area contributed by atoms with E-state index in [-0.39, 0.29) is 0 Å². The second kappa shape index (κ2) is 5.18. The van der Waals surface area contributed by atoms with E-state index < -0.39 is 0 Å². The van der Waals surface area contributed by atoms with E-state index in [4.69, 9.17) is 0 Å². The van der Waals surface area contributed by atoms with Crippen LogP contribution in [0, 0.1) is 17.8 Å². The number of para-hydroxylation sites is 1. The summed E-state index contributed by atoms with van der Waals surface area (Å²) < 4.78 is 0. The molecule has 1 aliphatic carbocycles. The Labute approximate surface area is 107 Å². The van der Waals surface area contributed by atoms with Crippen LogP contribution in [0.4, 0.5) is 0 Å². The van der Waals surface area contributed by atoms with E-state index in [1.807, 2.05) is 18.2 Å². The topological polar surface area (TPSA) is 25.8 Å². The third-order valence-corrected chi connectivity index (χ3v) is 3.51. The van der Waals surface area contributed by atoms with Crippen molar-refractivity contribution in [3.05, 3.63) is 36.2 Å². The first kappa shape index (κ1) is 11.2. The molecule has 2 nitrogen and oxygen atoms in total. The minimum absolute atomic E-state index is 0.575. The van der Waals surface area contributed by atoms with E-state index in [9.17, 15) is 0 Å². The lowest BCUT2D eigenvalue weighted by atomic mass is 9.89. The summed E-state index contributed by atoms with van der Waals surface area (Å²) in [5.41, 5.74) is 2.85. The van der Waals surface area contributed by atoms with E-state index in [1.54, 1.807) is 12.4 Å². The van der Waals surface area contributed by atoms with Gasteiger partial charge in [-0.15, -0.1) is 0 Å². The molecule has 0 N–H and O–H groups in total. The number of aromatic nitrogens is 2. The molecule has 2 heteroatoms. The van der Waals surface area contributed by atoms with Crippen molar-refractivity contribution < 1.29 is 0 Å². The quantitative estimate of drug-likeness (QED) is 0.654. The average molecular weight is 236 g/mol. The fraction of sp³-hybridized carbons (Fsp3) is 0.375. The molecule has 0 atom stereocenters. The molecule has 0 aliphatic heterocycles. The molecule has 1 aromatic carbocycles. The SMILES string of the molecule is C(#CC1CCCCC1)c1cccc2nccnc12. The Morgan fingerprint density at radius 3 is 2.72 bits per heavy atom. The second-order valence-electron chi connectivity index (χ2n) is 4.83. The lowest BCUT2D eigenvalue weighted by Crippen LogP contribution is -2.03. The highest BCUT2D eigenvalue weighted by Gasteiger charge is 2.10. The summed E-state index contributed by atoms with van der Waals surface area (Å²) in [5, 5.41) is 0. The molecule has 0 saturated heterocycles. The lowest BCUT2D eigenvalue weighted by Gasteiger charge is -2.15. The molecule has 18 heavy (non-hydrogen) atoms. The van der Waals surface area contributed by atoms with Gasteiger partial charge in [0, 0.05) is 18.3 Å². The van der Waals surface area contributed by atoms with Crippen LogP contribution >= 0.6 is 0 Å². The van der Waals surface area contributed by atoms with Crippen LogP contribution in [-0.2, 0) is 0 Å². The van der Waals surface area contributed by atoms with Gasteiger partial charge >= 0.3 is 0 Å². The summed E-state index contributed by atoms with van der Waals surface area (Å²) >= 11 is 0. The van der Waals surface area contributed by atoms with E-state index in [1.165, 1.54) is 32.1 Å². The summed E-state index contributed by atoms with van der Waals surface area (Å²) in [7, 11) is 0. The fourth-order valence-corrected chi connectivity index (χ4v) is 2.52. The number of rotatable bonds is 0. The zero-order valence-electron chi connectivity index (χ0n) is 10.4. The van der Waals surface area contributed by atoms with Crippen molar-refractivity contribution in [3.63, 3.8) is 0 Å². The Kier molecular flexibility index (Phi) is 3.23. The molecule has 1 heterocycles. The zero-order chi connectivity index (χ0) is 12.2. The fourth-order valence-electron chi connectivity index (χ4n) is 2.52. The van der Waals surface area contributed by atoms with Gasteiger partial charge < -0.3 is 0 Å². The highest BCUT2D eigenvalue weighted by molar-refractivity contribution is 5.80. The Balaban J connectivity index is 1.92. The van der Waals surface area contributed by atoms with Crippen LogP contribution < -0.4 is 0 Å². The minimum atomic E-state index is 0.575. The van der Waals surface area contributed by atoms with Crippen LogP contribution in [0.2, 0.25) is 0 Å². The summed E-state index contributed by atoms with van der Waals surface area (Å²) in [4.78, 5) is 8.69. The maximum absolute atomic E-state index is 4.38. The first-order chi connectivity index (χ1) is 8.93. The molecule has 1 aromatic heterocycles. The van der Waals surface area contributed by atoms with Crippen molar-refractivity contribution in [2.45, 2.75) is 32.1 Å². The molecular formula is C16H16N2. The molecule has 90 valence electrons. The molecule has 1 fully saturated rings. The van der Waals surface area contributed by atoms with Gasteiger partial charge in [0.05, 0.1) is 11.1 Å². The van der Waals surface area contributed by atoms with Crippen LogP contribution in [-0.4, -0.2) is 9.97 Å². The number of nitrogens with zero attached hydrogens (tertiary/aromatic N) is 2. The van der Waals surface area contributed by atoms with E-state index >= 15 is 0 Å². The van der Waals surface area contributed by atoms with Gasteiger partial charge in [0.2, 0.25) is 0 Å². The standard InChI is InChI=1S/C16H16N2/c1-2-5-13(6-3-1)9-10-14-7-4-8-15-16(14)18-12-11-17-15/h4,7-8,11-13H,1-3,5-6H2.